The van der Waals surface area contributed by atoms with Crippen molar-refractivity contribution < 1.29 is 4.79 Å². The lowest BCUT2D eigenvalue weighted by atomic mass is 10.2. The van der Waals surface area contributed by atoms with Crippen molar-refractivity contribution in [3.8, 4) is 0 Å². The van der Waals surface area contributed by atoms with E-state index in [0.717, 1.165) is 43.1 Å². The van der Waals surface area contributed by atoms with Gasteiger partial charge in [0.1, 0.15) is 6.33 Å². The highest BCUT2D eigenvalue weighted by Crippen LogP contribution is 2.23. The topological polar surface area (TPSA) is 86.3 Å². The van der Waals surface area contributed by atoms with Crippen LogP contribution in [0.2, 0.25) is 0 Å². The molecule has 1 fully saturated rings. The Morgan fingerprint density at radius 3 is 2.48 bits per heavy atom. The highest BCUT2D eigenvalue weighted by atomic mass is 16.1. The average molecular weight is 418 g/mol. The zero-order valence-electron chi connectivity index (χ0n) is 18.1. The number of nitrogens with zero attached hydrogens (tertiary/aromatic N) is 5. The number of nitrogens with one attached hydrogen (secondary N) is 2. The van der Waals surface area contributed by atoms with E-state index < -0.39 is 0 Å². The number of hydrogen-bond donors (Lipinski definition) is 2. The van der Waals surface area contributed by atoms with Gasteiger partial charge in [-0.1, -0.05) is 18.2 Å². The van der Waals surface area contributed by atoms with Crippen molar-refractivity contribution in [3.05, 3.63) is 59.9 Å². The van der Waals surface area contributed by atoms with Crippen molar-refractivity contribution in [2.45, 2.75) is 20.8 Å². The molecule has 4 rings (SSSR count). The molecule has 1 saturated heterocycles. The molecule has 2 aromatic carbocycles. The number of benzene rings is 2. The molecule has 0 unspecified atom stereocenters. The van der Waals surface area contributed by atoms with Gasteiger partial charge < -0.3 is 20.4 Å². The second-order valence-corrected chi connectivity index (χ2v) is 7.76. The third-order valence-corrected chi connectivity index (χ3v) is 5.29. The minimum atomic E-state index is -0.104. The van der Waals surface area contributed by atoms with E-state index >= 15 is 0 Å². The van der Waals surface area contributed by atoms with E-state index in [1.165, 1.54) is 24.5 Å². The van der Waals surface area contributed by atoms with E-state index in [9.17, 15) is 4.79 Å². The van der Waals surface area contributed by atoms with Crippen molar-refractivity contribution in [1.82, 2.24) is 15.0 Å². The summed E-state index contributed by atoms with van der Waals surface area (Å²) in [5.74, 6) is 1.03. The predicted molar refractivity (Wildman–Crippen MR) is 124 cm³/mol. The molecule has 2 N–H and O–H groups in total. The fourth-order valence-corrected chi connectivity index (χ4v) is 3.64. The molecule has 8 nitrogen and oxygen atoms in total. The van der Waals surface area contributed by atoms with Gasteiger partial charge in [-0.3, -0.25) is 4.79 Å². The third-order valence-electron chi connectivity index (χ3n) is 5.29. The average Bonchev–Trinajstić information content (AvgIpc) is 2.76. The fraction of sp³-hybridized carbons (Fsp3) is 0.304. The first kappa shape index (κ1) is 20.6. The summed E-state index contributed by atoms with van der Waals surface area (Å²) in [5, 5.41) is 6.05. The van der Waals surface area contributed by atoms with Crippen LogP contribution in [0.1, 0.15) is 18.1 Å². The zero-order chi connectivity index (χ0) is 21.8. The quantitative estimate of drug-likeness (QED) is 0.657. The van der Waals surface area contributed by atoms with Crippen molar-refractivity contribution in [3.63, 3.8) is 0 Å². The second kappa shape index (κ2) is 8.99. The summed E-state index contributed by atoms with van der Waals surface area (Å²) in [7, 11) is 0. The fourth-order valence-electron chi connectivity index (χ4n) is 3.64. The van der Waals surface area contributed by atoms with Crippen LogP contribution in [0.3, 0.4) is 0 Å². The first-order chi connectivity index (χ1) is 15.0. The van der Waals surface area contributed by atoms with Gasteiger partial charge in [0.15, 0.2) is 0 Å². The van der Waals surface area contributed by atoms with Crippen LogP contribution in [0.25, 0.3) is 0 Å². The van der Waals surface area contributed by atoms with Crippen molar-refractivity contribution >= 4 is 34.9 Å². The van der Waals surface area contributed by atoms with Crippen LogP contribution in [-0.4, -0.2) is 47.0 Å². The van der Waals surface area contributed by atoms with Crippen LogP contribution < -0.4 is 20.4 Å². The van der Waals surface area contributed by atoms with E-state index in [0.29, 0.717) is 11.9 Å². The smallest absolute Gasteiger partial charge is 0.231 e. The first-order valence-electron chi connectivity index (χ1n) is 10.4. The third kappa shape index (κ3) is 5.09. The van der Waals surface area contributed by atoms with Crippen LogP contribution in [0, 0.1) is 13.8 Å². The Labute approximate surface area is 182 Å². The highest BCUT2D eigenvalue weighted by Gasteiger charge is 2.20. The maximum absolute atomic E-state index is 11.4. The standard InChI is InChI=1S/C23H27N7O/c1-16-5-4-6-20(13-16)29-9-11-30(12-10-29)23-25-15-24-22(28-23)27-19-8-7-17(2)21(14-19)26-18(3)31/h4-8,13-15H,9-12H2,1-3H3,(H,26,31)(H,24,25,27,28). The number of carbonyl (C=O) groups is 1. The van der Waals surface area contributed by atoms with Crippen molar-refractivity contribution in [2.24, 2.45) is 0 Å². The number of aryl methyl sites for hydroxylation is 2. The molecule has 0 saturated carbocycles. The number of amides is 1. The monoisotopic (exact) mass is 417 g/mol. The van der Waals surface area contributed by atoms with E-state index in [2.05, 4.69) is 66.6 Å². The van der Waals surface area contributed by atoms with Gasteiger partial charge in [0.25, 0.3) is 0 Å². The molecule has 0 radical (unpaired) electrons. The molecular formula is C23H27N7O. The molecule has 1 aliphatic heterocycles. The molecule has 160 valence electrons. The van der Waals surface area contributed by atoms with Gasteiger partial charge in [-0.15, -0.1) is 0 Å². The maximum atomic E-state index is 11.4. The molecule has 0 bridgehead atoms. The van der Waals surface area contributed by atoms with E-state index in [1.54, 1.807) is 0 Å². The van der Waals surface area contributed by atoms with Crippen molar-refractivity contribution in [2.75, 3.05) is 46.6 Å². The second-order valence-electron chi connectivity index (χ2n) is 7.76. The molecule has 0 spiro atoms. The molecule has 1 amide bonds. The van der Waals surface area contributed by atoms with Gasteiger partial charge in [-0.2, -0.15) is 4.98 Å². The predicted octanol–water partition coefficient (Wildman–Crippen LogP) is 3.52. The summed E-state index contributed by atoms with van der Waals surface area (Å²) in [5.41, 5.74) is 5.08. The van der Waals surface area contributed by atoms with Crippen LogP contribution in [0.4, 0.5) is 29.0 Å². The van der Waals surface area contributed by atoms with E-state index in [4.69, 9.17) is 0 Å². The molecular weight excluding hydrogens is 390 g/mol. The molecule has 0 aliphatic carbocycles. The van der Waals surface area contributed by atoms with Crippen molar-refractivity contribution in [1.29, 1.82) is 0 Å². The molecule has 0 atom stereocenters. The number of aromatic nitrogens is 3. The summed E-state index contributed by atoms with van der Waals surface area (Å²) in [6.45, 7) is 9.07. The SMILES string of the molecule is CC(=O)Nc1cc(Nc2ncnc(N3CCN(c4cccc(C)c4)CC3)n2)ccc1C. The van der Waals surface area contributed by atoms with E-state index in [1.807, 2.05) is 25.1 Å². The lowest BCUT2D eigenvalue weighted by Gasteiger charge is -2.36. The normalized spacial score (nSPS) is 13.8. The Bertz CT molecular complexity index is 1080. The molecule has 2 heterocycles. The van der Waals surface area contributed by atoms with Gasteiger partial charge in [0.2, 0.25) is 17.8 Å². The van der Waals surface area contributed by atoms with Crippen LogP contribution in [0.15, 0.2) is 48.8 Å². The minimum Gasteiger partial charge on any atom is -0.368 e. The molecule has 1 aliphatic rings. The summed E-state index contributed by atoms with van der Waals surface area (Å²) in [4.78, 5) is 29.2. The first-order valence-corrected chi connectivity index (χ1v) is 10.4. The lowest BCUT2D eigenvalue weighted by molar-refractivity contribution is -0.114. The van der Waals surface area contributed by atoms with Crippen LogP contribution in [0.5, 0.6) is 0 Å². The number of anilines is 5. The maximum Gasteiger partial charge on any atom is 0.231 e. The Hall–Kier alpha value is -3.68. The number of carbonyl (C=O) groups excluding carboxylic acids is 1. The number of hydrogen-bond acceptors (Lipinski definition) is 7. The minimum absolute atomic E-state index is 0.104. The number of piperazine rings is 1. The number of rotatable bonds is 5. The Kier molecular flexibility index (Phi) is 5.97. The van der Waals surface area contributed by atoms with Gasteiger partial charge in [0, 0.05) is 50.2 Å². The highest BCUT2D eigenvalue weighted by molar-refractivity contribution is 5.90. The Morgan fingerprint density at radius 2 is 1.74 bits per heavy atom. The molecule has 31 heavy (non-hydrogen) atoms. The van der Waals surface area contributed by atoms with Gasteiger partial charge >= 0.3 is 0 Å². The Balaban J connectivity index is 1.43. The van der Waals surface area contributed by atoms with Crippen LogP contribution >= 0.6 is 0 Å². The summed E-state index contributed by atoms with van der Waals surface area (Å²) in [6, 6.07) is 14.4. The van der Waals surface area contributed by atoms with Crippen LogP contribution in [-0.2, 0) is 4.79 Å². The van der Waals surface area contributed by atoms with E-state index in [-0.39, 0.29) is 5.91 Å². The van der Waals surface area contributed by atoms with Gasteiger partial charge in [-0.25, -0.2) is 9.97 Å². The largest absolute Gasteiger partial charge is 0.368 e. The zero-order valence-corrected chi connectivity index (χ0v) is 18.1. The molecule has 3 aromatic rings. The van der Waals surface area contributed by atoms with Gasteiger partial charge in [0.05, 0.1) is 0 Å². The van der Waals surface area contributed by atoms with Gasteiger partial charge in [-0.05, 0) is 49.2 Å². The summed E-state index contributed by atoms with van der Waals surface area (Å²) < 4.78 is 0. The summed E-state index contributed by atoms with van der Waals surface area (Å²) >= 11 is 0. The summed E-state index contributed by atoms with van der Waals surface area (Å²) in [6.07, 6.45) is 1.53. The molecule has 8 heteroatoms. The lowest BCUT2D eigenvalue weighted by Crippen LogP contribution is -2.47. The Morgan fingerprint density at radius 1 is 0.968 bits per heavy atom. The molecule has 1 aromatic heterocycles.